The lowest BCUT2D eigenvalue weighted by atomic mass is 9.68. The third-order valence-corrected chi connectivity index (χ3v) is 7.15. The Bertz CT molecular complexity index is 1100. The minimum Gasteiger partial charge on any atom is -0.512 e. The maximum absolute atomic E-state index is 13.2. The zero-order chi connectivity index (χ0) is 24.0. The largest absolute Gasteiger partial charge is 0.512 e. The van der Waals surface area contributed by atoms with Gasteiger partial charge in [-0.15, -0.1) is 0 Å². The molecule has 0 aliphatic heterocycles. The maximum Gasteiger partial charge on any atom is 0.165 e. The van der Waals surface area contributed by atoms with E-state index in [1.165, 1.54) is 11.8 Å². The number of allylic oxidation sites excluding steroid dienone is 4. The first-order valence-electron chi connectivity index (χ1n) is 11.2. The first-order chi connectivity index (χ1) is 15.5. The van der Waals surface area contributed by atoms with Gasteiger partial charge in [-0.2, -0.15) is 0 Å². The van der Waals surface area contributed by atoms with Gasteiger partial charge in [0.2, 0.25) is 0 Å². The lowest BCUT2D eigenvalue weighted by Gasteiger charge is -2.35. The van der Waals surface area contributed by atoms with E-state index in [-0.39, 0.29) is 57.9 Å². The Morgan fingerprint density at radius 1 is 0.788 bits per heavy atom. The molecule has 0 atom stereocenters. The summed E-state index contributed by atoms with van der Waals surface area (Å²) in [7, 11) is 0. The highest BCUT2D eigenvalue weighted by Gasteiger charge is 2.44. The molecule has 33 heavy (non-hydrogen) atoms. The highest BCUT2D eigenvalue weighted by molar-refractivity contribution is 7.99. The number of carbonyl (C=O) groups is 2. The average molecular weight is 467 g/mol. The fourth-order valence-corrected chi connectivity index (χ4v) is 5.64. The molecule has 5 nitrogen and oxygen atoms in total. The topological polar surface area (TPSA) is 87.7 Å². The molecule has 0 bridgehead atoms. The third kappa shape index (κ3) is 4.96. The Hall–Kier alpha value is -2.73. The molecule has 0 spiro atoms. The van der Waals surface area contributed by atoms with E-state index < -0.39 is 5.92 Å². The number of hydrogen-bond acceptors (Lipinski definition) is 6. The molecular weight excluding hydrogens is 436 g/mol. The van der Waals surface area contributed by atoms with Crippen molar-refractivity contribution in [1.82, 2.24) is 0 Å². The number of furan rings is 1. The van der Waals surface area contributed by atoms with Gasteiger partial charge in [-0.1, -0.05) is 57.7 Å². The molecule has 4 rings (SSSR count). The second-order valence-corrected chi connectivity index (χ2v) is 11.7. The van der Waals surface area contributed by atoms with Gasteiger partial charge in [0.05, 0.1) is 5.92 Å². The van der Waals surface area contributed by atoms with Crippen molar-refractivity contribution in [3.05, 3.63) is 70.9 Å². The third-order valence-electron chi connectivity index (χ3n) is 6.22. The molecule has 0 unspecified atom stereocenters. The molecule has 2 N–H and O–H groups in total. The summed E-state index contributed by atoms with van der Waals surface area (Å²) >= 11 is 1.43. The van der Waals surface area contributed by atoms with E-state index in [2.05, 4.69) is 0 Å². The molecule has 2 aliphatic rings. The summed E-state index contributed by atoms with van der Waals surface area (Å²) in [6, 6.07) is 13.3. The monoisotopic (exact) mass is 466 g/mol. The van der Waals surface area contributed by atoms with Crippen LogP contribution in [0, 0.1) is 10.8 Å². The number of ketones is 2. The molecule has 2 aliphatic carbocycles. The Kier molecular flexibility index (Phi) is 6.08. The molecule has 0 radical (unpaired) electrons. The zero-order valence-corrected chi connectivity index (χ0v) is 20.3. The predicted molar refractivity (Wildman–Crippen MR) is 127 cm³/mol. The summed E-state index contributed by atoms with van der Waals surface area (Å²) < 4.78 is 6.12. The number of hydrogen-bond donors (Lipinski definition) is 2. The SMILES string of the molecule is CC1(C)CC(=O)C(C(C2=C(O)CC(C)(C)CC2=O)c2ccc(Sc3ccccc3)o2)=C(O)C1. The van der Waals surface area contributed by atoms with Crippen molar-refractivity contribution in [2.45, 2.75) is 69.3 Å². The van der Waals surface area contributed by atoms with Gasteiger partial charge in [-0.05, 0) is 35.1 Å². The lowest BCUT2D eigenvalue weighted by Crippen LogP contribution is -2.33. The van der Waals surface area contributed by atoms with Gasteiger partial charge in [0.1, 0.15) is 17.3 Å². The maximum atomic E-state index is 13.2. The number of rotatable bonds is 5. The van der Waals surface area contributed by atoms with Crippen LogP contribution in [0.5, 0.6) is 0 Å². The van der Waals surface area contributed by atoms with E-state index in [4.69, 9.17) is 4.42 Å². The zero-order valence-electron chi connectivity index (χ0n) is 19.5. The molecule has 174 valence electrons. The van der Waals surface area contributed by atoms with E-state index in [9.17, 15) is 19.8 Å². The average Bonchev–Trinajstić information content (AvgIpc) is 3.12. The Morgan fingerprint density at radius 3 is 1.79 bits per heavy atom. The smallest absolute Gasteiger partial charge is 0.165 e. The lowest BCUT2D eigenvalue weighted by molar-refractivity contribution is -0.119. The van der Waals surface area contributed by atoms with E-state index in [1.54, 1.807) is 12.1 Å². The van der Waals surface area contributed by atoms with E-state index in [0.29, 0.717) is 23.7 Å². The summed E-state index contributed by atoms with van der Waals surface area (Å²) in [4.78, 5) is 27.5. The molecule has 0 fully saturated rings. The van der Waals surface area contributed by atoms with Crippen molar-refractivity contribution in [3.63, 3.8) is 0 Å². The van der Waals surface area contributed by atoms with Crippen LogP contribution in [0.1, 0.15) is 65.1 Å². The normalized spacial score (nSPS) is 20.6. The molecule has 2 aromatic rings. The number of aliphatic hydroxyl groups excluding tert-OH is 2. The Labute approximate surface area is 198 Å². The minimum absolute atomic E-state index is 0.0344. The van der Waals surface area contributed by atoms with Gasteiger partial charge in [-0.25, -0.2) is 0 Å². The summed E-state index contributed by atoms with van der Waals surface area (Å²) in [6.07, 6.45) is 1.15. The van der Waals surface area contributed by atoms with Crippen molar-refractivity contribution in [2.24, 2.45) is 10.8 Å². The van der Waals surface area contributed by atoms with Gasteiger partial charge in [0, 0.05) is 41.7 Å². The van der Waals surface area contributed by atoms with Crippen molar-refractivity contribution in [1.29, 1.82) is 0 Å². The Balaban J connectivity index is 1.82. The number of carbonyl (C=O) groups excluding carboxylic acids is 2. The van der Waals surface area contributed by atoms with Crippen LogP contribution < -0.4 is 0 Å². The molecule has 0 saturated carbocycles. The van der Waals surface area contributed by atoms with Gasteiger partial charge >= 0.3 is 0 Å². The van der Waals surface area contributed by atoms with Crippen LogP contribution in [0.3, 0.4) is 0 Å². The van der Waals surface area contributed by atoms with E-state index >= 15 is 0 Å². The minimum atomic E-state index is -0.928. The summed E-state index contributed by atoms with van der Waals surface area (Å²) in [5, 5.41) is 22.5. The molecule has 0 saturated heterocycles. The van der Waals surface area contributed by atoms with Gasteiger partial charge in [0.25, 0.3) is 0 Å². The van der Waals surface area contributed by atoms with Crippen molar-refractivity contribution >= 4 is 23.3 Å². The van der Waals surface area contributed by atoms with Crippen LogP contribution in [0.4, 0.5) is 0 Å². The molecule has 1 heterocycles. The van der Waals surface area contributed by atoms with Crippen molar-refractivity contribution in [3.8, 4) is 0 Å². The van der Waals surface area contributed by atoms with Crippen molar-refractivity contribution in [2.75, 3.05) is 0 Å². The second-order valence-electron chi connectivity index (χ2n) is 10.6. The highest BCUT2D eigenvalue weighted by Crippen LogP contribution is 2.48. The quantitative estimate of drug-likeness (QED) is 0.497. The standard InChI is InChI=1S/C27H30O5S/c1-26(2)12-17(28)23(18(29)13-26)25(24-19(30)14-27(3,4)15-20(24)31)21-10-11-22(32-21)33-16-8-6-5-7-9-16/h5-11,25,28,30H,12-15H2,1-4H3. The number of Topliss-reactive ketones (excluding diaryl/α,β-unsaturated/α-hetero) is 2. The fourth-order valence-electron chi connectivity index (χ4n) is 4.84. The van der Waals surface area contributed by atoms with Gasteiger partial charge in [0.15, 0.2) is 16.7 Å². The predicted octanol–water partition coefficient (Wildman–Crippen LogP) is 6.92. The molecule has 1 aromatic carbocycles. The van der Waals surface area contributed by atoms with Crippen LogP contribution in [0.2, 0.25) is 0 Å². The van der Waals surface area contributed by atoms with Crippen LogP contribution >= 0.6 is 11.8 Å². The second kappa shape index (κ2) is 8.56. The molecule has 0 amide bonds. The number of aliphatic hydroxyl groups is 2. The highest BCUT2D eigenvalue weighted by atomic mass is 32.2. The van der Waals surface area contributed by atoms with Crippen LogP contribution in [0.15, 0.2) is 79.5 Å². The van der Waals surface area contributed by atoms with E-state index in [1.807, 2.05) is 58.0 Å². The Morgan fingerprint density at radius 2 is 1.30 bits per heavy atom. The van der Waals surface area contributed by atoms with Crippen molar-refractivity contribution < 1.29 is 24.2 Å². The van der Waals surface area contributed by atoms with Crippen LogP contribution in [-0.2, 0) is 9.59 Å². The van der Waals surface area contributed by atoms with Crippen LogP contribution in [-0.4, -0.2) is 21.8 Å². The van der Waals surface area contributed by atoms with Gasteiger partial charge in [-0.3, -0.25) is 9.59 Å². The van der Waals surface area contributed by atoms with Gasteiger partial charge < -0.3 is 14.6 Å². The fraction of sp³-hybridized carbons (Fsp3) is 0.407. The summed E-state index contributed by atoms with van der Waals surface area (Å²) in [6.45, 7) is 7.72. The first-order valence-corrected chi connectivity index (χ1v) is 12.0. The van der Waals surface area contributed by atoms with E-state index in [0.717, 1.165) is 4.90 Å². The summed E-state index contributed by atoms with van der Waals surface area (Å²) in [5.41, 5.74) is -0.423. The number of benzene rings is 1. The molecular formula is C27H30O5S. The van der Waals surface area contributed by atoms with Crippen LogP contribution in [0.25, 0.3) is 0 Å². The molecule has 1 aromatic heterocycles. The first kappa shape index (κ1) is 23.4. The molecule has 6 heteroatoms. The summed E-state index contributed by atoms with van der Waals surface area (Å²) in [5.74, 6) is -1.07.